The van der Waals surface area contributed by atoms with Crippen LogP contribution in [0.25, 0.3) is 0 Å². The summed E-state index contributed by atoms with van der Waals surface area (Å²) in [4.78, 5) is 16.4. The monoisotopic (exact) mass is 424 g/mol. The zero-order chi connectivity index (χ0) is 19.8. The Morgan fingerprint density at radius 2 is 1.54 bits per heavy atom. The van der Waals surface area contributed by atoms with E-state index < -0.39 is 0 Å². The Kier molecular flexibility index (Phi) is 10.2. The van der Waals surface area contributed by atoms with E-state index in [1.807, 2.05) is 36.4 Å². The lowest BCUT2D eigenvalue weighted by molar-refractivity contribution is 0.172. The topological polar surface area (TPSA) is 42.0 Å². The quantitative estimate of drug-likeness (QED) is 0.560. The number of amides is 1. The van der Waals surface area contributed by atoms with Crippen LogP contribution >= 0.6 is 24.2 Å². The lowest BCUT2D eigenvalue weighted by Gasteiger charge is -2.25. The van der Waals surface area contributed by atoms with E-state index in [1.165, 1.54) is 9.80 Å². The Balaban J connectivity index is 0.00000392. The van der Waals surface area contributed by atoms with E-state index in [0.717, 1.165) is 17.7 Å². The summed E-state index contributed by atoms with van der Waals surface area (Å²) in [5.41, 5.74) is 1.16. The smallest absolute Gasteiger partial charge is 0.414 e. The molecule has 0 aliphatic rings. The summed E-state index contributed by atoms with van der Waals surface area (Å²) in [5.74, 6) is 1.43. The van der Waals surface area contributed by atoms with Crippen LogP contribution in [-0.2, 0) is 0 Å². The molecule has 0 spiro atoms. The summed E-state index contributed by atoms with van der Waals surface area (Å²) < 4.78 is 11.2. The number of carbonyl (C=O) groups is 1. The molecule has 0 aliphatic heterocycles. The predicted molar refractivity (Wildman–Crippen MR) is 118 cm³/mol. The van der Waals surface area contributed by atoms with Gasteiger partial charge in [-0.3, -0.25) is 0 Å². The lowest BCUT2D eigenvalue weighted by atomic mass is 10.0. The summed E-state index contributed by atoms with van der Waals surface area (Å²) in [5, 5.41) is 0. The third-order valence-electron chi connectivity index (χ3n) is 4.18. The number of halogens is 1. The highest BCUT2D eigenvalue weighted by atomic mass is 35.5. The minimum Gasteiger partial charge on any atom is -0.494 e. The second-order valence-electron chi connectivity index (χ2n) is 6.62. The number of ether oxygens (including phenoxy) is 2. The molecule has 2 rings (SSSR count). The van der Waals surface area contributed by atoms with Gasteiger partial charge in [-0.05, 0) is 62.3 Å². The highest BCUT2D eigenvalue weighted by Crippen LogP contribution is 2.25. The van der Waals surface area contributed by atoms with Gasteiger partial charge in [-0.15, -0.1) is 24.2 Å². The lowest BCUT2D eigenvalue weighted by Crippen LogP contribution is -2.25. The van der Waals surface area contributed by atoms with Gasteiger partial charge >= 0.3 is 6.09 Å². The molecular formula is C21H29ClN2O3S. The molecule has 2 aromatic carbocycles. The molecule has 0 N–H and O–H groups in total. The SMILES string of the molecule is CSc1ccc(OCCC(c2ccc(OC(=O)N(C)C)cc2)N(C)C)cc1.Cl. The third kappa shape index (κ3) is 7.26. The Labute approximate surface area is 178 Å². The molecule has 0 aromatic heterocycles. The average Bonchev–Trinajstić information content (AvgIpc) is 2.66. The maximum absolute atomic E-state index is 11.6. The predicted octanol–water partition coefficient (Wildman–Crippen LogP) is 4.96. The molecule has 0 heterocycles. The average molecular weight is 425 g/mol. The second-order valence-corrected chi connectivity index (χ2v) is 7.50. The minimum atomic E-state index is -0.382. The van der Waals surface area contributed by atoms with E-state index in [4.69, 9.17) is 9.47 Å². The summed E-state index contributed by atoms with van der Waals surface area (Å²) >= 11 is 1.72. The highest BCUT2D eigenvalue weighted by molar-refractivity contribution is 7.98. The van der Waals surface area contributed by atoms with Gasteiger partial charge in [-0.25, -0.2) is 4.79 Å². The molecule has 1 atom stereocenters. The summed E-state index contributed by atoms with van der Waals surface area (Å²) in [6.45, 7) is 0.624. The second kappa shape index (κ2) is 11.8. The summed E-state index contributed by atoms with van der Waals surface area (Å²) in [6.07, 6.45) is 2.53. The first kappa shape index (κ1) is 24.1. The van der Waals surface area contributed by atoms with E-state index in [9.17, 15) is 4.79 Å². The van der Waals surface area contributed by atoms with Crippen LogP contribution in [0.2, 0.25) is 0 Å². The molecule has 1 amide bonds. The third-order valence-corrected chi connectivity index (χ3v) is 4.92. The Morgan fingerprint density at radius 1 is 0.964 bits per heavy atom. The van der Waals surface area contributed by atoms with E-state index in [2.05, 4.69) is 37.4 Å². The summed E-state index contributed by atoms with van der Waals surface area (Å²) in [7, 11) is 7.43. The number of benzene rings is 2. The first-order valence-electron chi connectivity index (χ1n) is 8.83. The molecular weight excluding hydrogens is 396 g/mol. The molecule has 1 unspecified atom stereocenters. The maximum atomic E-state index is 11.6. The van der Waals surface area contributed by atoms with Crippen LogP contribution in [0.4, 0.5) is 4.79 Å². The first-order valence-corrected chi connectivity index (χ1v) is 10.1. The van der Waals surface area contributed by atoms with Crippen LogP contribution in [0, 0.1) is 0 Å². The Morgan fingerprint density at radius 3 is 2.04 bits per heavy atom. The zero-order valence-electron chi connectivity index (χ0n) is 17.0. The molecule has 2 aromatic rings. The van der Waals surface area contributed by atoms with Gasteiger partial charge in [-0.2, -0.15) is 0 Å². The van der Waals surface area contributed by atoms with Gasteiger partial charge in [0.1, 0.15) is 11.5 Å². The van der Waals surface area contributed by atoms with Crippen LogP contribution in [0.15, 0.2) is 53.4 Å². The number of hydrogen-bond donors (Lipinski definition) is 0. The molecule has 0 saturated carbocycles. The molecule has 0 saturated heterocycles. The standard InChI is InChI=1S/C21H28N2O3S.ClH/c1-22(2)20(14-15-25-17-10-12-19(27-5)13-11-17)16-6-8-18(9-7-16)26-21(24)23(3)4;/h6-13,20H,14-15H2,1-5H3;1H. The number of hydrogen-bond acceptors (Lipinski definition) is 5. The minimum absolute atomic E-state index is 0. The molecule has 0 bridgehead atoms. The van der Waals surface area contributed by atoms with Gasteiger partial charge in [0, 0.05) is 31.5 Å². The van der Waals surface area contributed by atoms with E-state index in [1.54, 1.807) is 25.9 Å². The van der Waals surface area contributed by atoms with Gasteiger partial charge in [-0.1, -0.05) is 12.1 Å². The van der Waals surface area contributed by atoms with Crippen LogP contribution in [-0.4, -0.2) is 56.9 Å². The van der Waals surface area contributed by atoms with Gasteiger partial charge < -0.3 is 19.3 Å². The molecule has 5 nitrogen and oxygen atoms in total. The zero-order valence-corrected chi connectivity index (χ0v) is 18.7. The van der Waals surface area contributed by atoms with Gasteiger partial charge in [0.2, 0.25) is 0 Å². The summed E-state index contributed by atoms with van der Waals surface area (Å²) in [6, 6.07) is 16.0. The fourth-order valence-corrected chi connectivity index (χ4v) is 3.04. The van der Waals surface area contributed by atoms with Crippen molar-refractivity contribution < 1.29 is 14.3 Å². The van der Waals surface area contributed by atoms with Gasteiger partial charge in [0.25, 0.3) is 0 Å². The van der Waals surface area contributed by atoms with Crippen molar-refractivity contribution in [3.63, 3.8) is 0 Å². The Bertz CT molecular complexity index is 721. The highest BCUT2D eigenvalue weighted by Gasteiger charge is 2.15. The van der Waals surface area contributed by atoms with Crippen LogP contribution < -0.4 is 9.47 Å². The van der Waals surface area contributed by atoms with Crippen molar-refractivity contribution >= 4 is 30.3 Å². The molecule has 28 heavy (non-hydrogen) atoms. The fraction of sp³-hybridized carbons (Fsp3) is 0.381. The van der Waals surface area contributed by atoms with Crippen molar-refractivity contribution in [3.05, 3.63) is 54.1 Å². The molecule has 0 radical (unpaired) electrons. The molecule has 0 aliphatic carbocycles. The largest absolute Gasteiger partial charge is 0.494 e. The van der Waals surface area contributed by atoms with Crippen LogP contribution in [0.3, 0.4) is 0 Å². The Hall–Kier alpha value is -1.89. The van der Waals surface area contributed by atoms with E-state index in [0.29, 0.717) is 12.4 Å². The fourth-order valence-electron chi connectivity index (χ4n) is 2.63. The maximum Gasteiger partial charge on any atom is 0.414 e. The number of carbonyl (C=O) groups excluding carboxylic acids is 1. The normalized spacial score (nSPS) is 11.5. The molecule has 7 heteroatoms. The van der Waals surface area contributed by atoms with E-state index in [-0.39, 0.29) is 24.5 Å². The van der Waals surface area contributed by atoms with Gasteiger partial charge in [0.05, 0.1) is 6.61 Å². The van der Waals surface area contributed by atoms with Gasteiger partial charge in [0.15, 0.2) is 0 Å². The van der Waals surface area contributed by atoms with Crippen molar-refractivity contribution in [1.82, 2.24) is 9.80 Å². The first-order chi connectivity index (χ1) is 12.9. The van der Waals surface area contributed by atoms with Crippen molar-refractivity contribution in [2.24, 2.45) is 0 Å². The van der Waals surface area contributed by atoms with Crippen molar-refractivity contribution in [3.8, 4) is 11.5 Å². The van der Waals surface area contributed by atoms with Crippen molar-refractivity contribution in [2.45, 2.75) is 17.4 Å². The van der Waals surface area contributed by atoms with Crippen molar-refractivity contribution in [2.75, 3.05) is 41.1 Å². The van der Waals surface area contributed by atoms with Crippen LogP contribution in [0.1, 0.15) is 18.0 Å². The van der Waals surface area contributed by atoms with Crippen molar-refractivity contribution in [1.29, 1.82) is 0 Å². The van der Waals surface area contributed by atoms with Crippen LogP contribution in [0.5, 0.6) is 11.5 Å². The van der Waals surface area contributed by atoms with E-state index >= 15 is 0 Å². The molecule has 154 valence electrons. The number of nitrogens with zero attached hydrogens (tertiary/aromatic N) is 2. The number of rotatable bonds is 8. The number of thioether (sulfide) groups is 1. The molecule has 0 fully saturated rings.